The zero-order chi connectivity index (χ0) is 10.7. The first-order valence-corrected chi connectivity index (χ1v) is 6.36. The van der Waals surface area contributed by atoms with Gasteiger partial charge in [-0.3, -0.25) is 4.90 Å². The second-order valence-corrected chi connectivity index (χ2v) is 5.22. The van der Waals surface area contributed by atoms with Gasteiger partial charge in [0.2, 0.25) is 0 Å². The van der Waals surface area contributed by atoms with Gasteiger partial charge in [0.05, 0.1) is 0 Å². The molecule has 2 heteroatoms. The molecular weight excluding hydrogens is 184 g/mol. The van der Waals surface area contributed by atoms with Gasteiger partial charge in [0.15, 0.2) is 0 Å². The lowest BCUT2D eigenvalue weighted by Gasteiger charge is -2.45. The molecule has 1 atom stereocenters. The van der Waals surface area contributed by atoms with E-state index in [2.05, 4.69) is 36.2 Å². The van der Waals surface area contributed by atoms with Crippen molar-refractivity contribution >= 4 is 0 Å². The molecule has 2 nitrogen and oxygen atoms in total. The van der Waals surface area contributed by atoms with Crippen molar-refractivity contribution in [3.05, 3.63) is 12.2 Å². The highest BCUT2D eigenvalue weighted by Gasteiger charge is 2.39. The molecular formula is C13H24N2. The van der Waals surface area contributed by atoms with Crippen LogP contribution in [0.2, 0.25) is 0 Å². The fraction of sp³-hybridized carbons (Fsp3) is 0.846. The molecule has 1 spiro atoms. The molecule has 1 aliphatic carbocycles. The number of hydrogen-bond donors (Lipinski definition) is 1. The van der Waals surface area contributed by atoms with E-state index >= 15 is 0 Å². The second kappa shape index (κ2) is 4.67. The van der Waals surface area contributed by atoms with Gasteiger partial charge in [0.25, 0.3) is 0 Å². The van der Waals surface area contributed by atoms with Crippen LogP contribution in [-0.4, -0.2) is 36.1 Å². The summed E-state index contributed by atoms with van der Waals surface area (Å²) in [7, 11) is 0. The summed E-state index contributed by atoms with van der Waals surface area (Å²) in [6.45, 7) is 7.98. The van der Waals surface area contributed by atoms with Crippen molar-refractivity contribution in [2.75, 3.05) is 19.6 Å². The van der Waals surface area contributed by atoms with Gasteiger partial charge in [-0.05, 0) is 26.7 Å². The van der Waals surface area contributed by atoms with Crippen LogP contribution in [0.25, 0.3) is 0 Å². The number of nitrogens with zero attached hydrogens (tertiary/aromatic N) is 1. The lowest BCUT2D eigenvalue weighted by atomic mass is 9.92. The molecule has 1 unspecified atom stereocenters. The maximum absolute atomic E-state index is 3.78. The second-order valence-electron chi connectivity index (χ2n) is 5.22. The van der Waals surface area contributed by atoms with E-state index < -0.39 is 0 Å². The van der Waals surface area contributed by atoms with Crippen LogP contribution in [0.5, 0.6) is 0 Å². The SMILES string of the molecule is C/C=C/CN1CC2(CCCC2)NCC1C. The Labute approximate surface area is 93.7 Å². The number of hydrogen-bond acceptors (Lipinski definition) is 2. The number of rotatable bonds is 2. The zero-order valence-electron chi connectivity index (χ0n) is 10.1. The standard InChI is InChI=1S/C13H24N2/c1-3-4-9-15-11-13(7-5-6-8-13)14-10-12(15)2/h3-4,12,14H,5-11H2,1-2H3/b4-3+. The summed E-state index contributed by atoms with van der Waals surface area (Å²) in [5.74, 6) is 0. The van der Waals surface area contributed by atoms with Crippen molar-refractivity contribution in [3.8, 4) is 0 Å². The van der Waals surface area contributed by atoms with Crippen LogP contribution in [0, 0.1) is 0 Å². The number of nitrogens with one attached hydrogen (secondary N) is 1. The molecule has 0 aromatic carbocycles. The number of piperazine rings is 1. The van der Waals surface area contributed by atoms with Gasteiger partial charge in [-0.15, -0.1) is 0 Å². The Kier molecular flexibility index (Phi) is 3.47. The van der Waals surface area contributed by atoms with E-state index in [9.17, 15) is 0 Å². The maximum Gasteiger partial charge on any atom is 0.0309 e. The summed E-state index contributed by atoms with van der Waals surface area (Å²) in [6, 6.07) is 0.687. The van der Waals surface area contributed by atoms with Crippen LogP contribution in [0.1, 0.15) is 39.5 Å². The van der Waals surface area contributed by atoms with Gasteiger partial charge in [0.1, 0.15) is 0 Å². The molecule has 0 amide bonds. The van der Waals surface area contributed by atoms with Gasteiger partial charge in [0, 0.05) is 31.2 Å². The van der Waals surface area contributed by atoms with E-state index in [0.717, 1.165) is 13.1 Å². The van der Waals surface area contributed by atoms with E-state index in [1.165, 1.54) is 32.2 Å². The first-order chi connectivity index (χ1) is 7.26. The van der Waals surface area contributed by atoms with Gasteiger partial charge in [-0.2, -0.15) is 0 Å². The lowest BCUT2D eigenvalue weighted by Crippen LogP contribution is -2.62. The first kappa shape index (κ1) is 11.2. The molecule has 15 heavy (non-hydrogen) atoms. The van der Waals surface area contributed by atoms with Crippen LogP contribution < -0.4 is 5.32 Å². The van der Waals surface area contributed by atoms with Crippen LogP contribution in [0.3, 0.4) is 0 Å². The average molecular weight is 208 g/mol. The Morgan fingerprint density at radius 1 is 1.40 bits per heavy atom. The van der Waals surface area contributed by atoms with Gasteiger partial charge in [-0.1, -0.05) is 25.0 Å². The van der Waals surface area contributed by atoms with Crippen LogP contribution in [0.4, 0.5) is 0 Å². The van der Waals surface area contributed by atoms with Crippen LogP contribution in [-0.2, 0) is 0 Å². The molecule has 2 fully saturated rings. The molecule has 0 radical (unpaired) electrons. The molecule has 86 valence electrons. The van der Waals surface area contributed by atoms with Gasteiger partial charge >= 0.3 is 0 Å². The summed E-state index contributed by atoms with van der Waals surface area (Å²) in [6.07, 6.45) is 10.0. The maximum atomic E-state index is 3.78. The van der Waals surface area contributed by atoms with E-state index in [1.807, 2.05) is 0 Å². The van der Waals surface area contributed by atoms with Crippen molar-refractivity contribution in [2.24, 2.45) is 0 Å². The van der Waals surface area contributed by atoms with Crippen molar-refractivity contribution < 1.29 is 0 Å². The Morgan fingerprint density at radius 3 is 2.80 bits per heavy atom. The van der Waals surface area contributed by atoms with Gasteiger partial charge in [-0.25, -0.2) is 0 Å². The predicted octanol–water partition coefficient (Wildman–Crippen LogP) is 2.17. The number of allylic oxidation sites excluding steroid dienone is 1. The molecule has 0 aromatic heterocycles. The topological polar surface area (TPSA) is 15.3 Å². The molecule has 1 saturated carbocycles. The quantitative estimate of drug-likeness (QED) is 0.700. The molecule has 1 N–H and O–H groups in total. The largest absolute Gasteiger partial charge is 0.308 e. The third-order valence-corrected chi connectivity index (χ3v) is 4.04. The van der Waals surface area contributed by atoms with E-state index in [1.54, 1.807) is 0 Å². The van der Waals surface area contributed by atoms with Crippen molar-refractivity contribution in [2.45, 2.75) is 51.1 Å². The Balaban J connectivity index is 1.97. The summed E-state index contributed by atoms with van der Waals surface area (Å²) in [5.41, 5.74) is 0.466. The monoisotopic (exact) mass is 208 g/mol. The van der Waals surface area contributed by atoms with E-state index in [-0.39, 0.29) is 0 Å². The van der Waals surface area contributed by atoms with Gasteiger partial charge < -0.3 is 5.32 Å². The molecule has 0 bridgehead atoms. The minimum Gasteiger partial charge on any atom is -0.308 e. The minimum atomic E-state index is 0.466. The fourth-order valence-electron chi connectivity index (χ4n) is 2.97. The summed E-state index contributed by atoms with van der Waals surface area (Å²) in [4.78, 5) is 2.63. The highest BCUT2D eigenvalue weighted by molar-refractivity contribution is 5.01. The highest BCUT2D eigenvalue weighted by Crippen LogP contribution is 2.32. The Bertz CT molecular complexity index is 229. The molecule has 0 aromatic rings. The fourth-order valence-corrected chi connectivity index (χ4v) is 2.97. The average Bonchev–Trinajstić information content (AvgIpc) is 2.69. The van der Waals surface area contributed by atoms with Crippen molar-refractivity contribution in [1.29, 1.82) is 0 Å². The summed E-state index contributed by atoms with van der Waals surface area (Å²) in [5, 5.41) is 3.78. The zero-order valence-corrected chi connectivity index (χ0v) is 10.1. The van der Waals surface area contributed by atoms with Crippen molar-refractivity contribution in [1.82, 2.24) is 10.2 Å². The predicted molar refractivity (Wildman–Crippen MR) is 65.1 cm³/mol. The molecule has 2 aliphatic rings. The van der Waals surface area contributed by atoms with E-state index in [0.29, 0.717) is 11.6 Å². The highest BCUT2D eigenvalue weighted by atomic mass is 15.2. The third kappa shape index (κ3) is 2.43. The third-order valence-electron chi connectivity index (χ3n) is 4.04. The normalized spacial score (nSPS) is 31.7. The first-order valence-electron chi connectivity index (χ1n) is 6.36. The molecule has 2 rings (SSSR count). The van der Waals surface area contributed by atoms with Crippen LogP contribution >= 0.6 is 0 Å². The Hall–Kier alpha value is -0.340. The Morgan fingerprint density at radius 2 is 2.13 bits per heavy atom. The van der Waals surface area contributed by atoms with Crippen molar-refractivity contribution in [3.63, 3.8) is 0 Å². The smallest absolute Gasteiger partial charge is 0.0309 e. The molecule has 1 aliphatic heterocycles. The molecule has 1 heterocycles. The summed E-state index contributed by atoms with van der Waals surface area (Å²) < 4.78 is 0. The lowest BCUT2D eigenvalue weighted by molar-refractivity contribution is 0.100. The summed E-state index contributed by atoms with van der Waals surface area (Å²) >= 11 is 0. The van der Waals surface area contributed by atoms with E-state index in [4.69, 9.17) is 0 Å². The minimum absolute atomic E-state index is 0.466. The molecule has 1 saturated heterocycles. The van der Waals surface area contributed by atoms with Crippen LogP contribution in [0.15, 0.2) is 12.2 Å².